The summed E-state index contributed by atoms with van der Waals surface area (Å²) in [5.74, 6) is 1.57. The molecule has 17 heavy (non-hydrogen) atoms. The highest BCUT2D eigenvalue weighted by Gasteiger charge is 2.07. The van der Waals surface area contributed by atoms with Crippen molar-refractivity contribution in [1.82, 2.24) is 15.0 Å². The van der Waals surface area contributed by atoms with Gasteiger partial charge in [0.15, 0.2) is 0 Å². The monoisotopic (exact) mass is 313 g/mol. The van der Waals surface area contributed by atoms with Crippen molar-refractivity contribution in [3.8, 4) is 0 Å². The van der Waals surface area contributed by atoms with Crippen LogP contribution in [0.25, 0.3) is 0 Å². The van der Waals surface area contributed by atoms with Crippen LogP contribution < -0.4 is 10.6 Å². The predicted molar refractivity (Wildman–Crippen MR) is 73.3 cm³/mol. The first-order chi connectivity index (χ1) is 8.31. The quantitative estimate of drug-likeness (QED) is 0.888. The number of hydrogen-bond acceptors (Lipinski definition) is 6. The molecule has 0 spiro atoms. The van der Waals surface area contributed by atoms with E-state index >= 15 is 0 Å². The molecule has 0 aliphatic heterocycles. The summed E-state index contributed by atoms with van der Waals surface area (Å²) in [6, 6.07) is 0. The van der Waals surface area contributed by atoms with E-state index in [1.54, 1.807) is 17.5 Å². The molecule has 0 unspecified atom stereocenters. The largest absolute Gasteiger partial charge is 0.369 e. The SMILES string of the molecule is CCNc1ncnc(NCc2nccs2)c1Br. The van der Waals surface area contributed by atoms with E-state index in [9.17, 15) is 0 Å². The van der Waals surface area contributed by atoms with Gasteiger partial charge in [0.2, 0.25) is 0 Å². The zero-order valence-corrected chi connectivity index (χ0v) is 11.7. The lowest BCUT2D eigenvalue weighted by atomic mass is 10.5. The molecule has 0 aliphatic rings. The molecule has 2 N–H and O–H groups in total. The van der Waals surface area contributed by atoms with Crippen molar-refractivity contribution in [2.75, 3.05) is 17.2 Å². The Morgan fingerprint density at radius 2 is 2.00 bits per heavy atom. The van der Waals surface area contributed by atoms with E-state index in [1.807, 2.05) is 12.3 Å². The number of thiazole rings is 1. The average Bonchev–Trinajstić information content (AvgIpc) is 2.83. The molecule has 0 saturated heterocycles. The van der Waals surface area contributed by atoms with Crippen molar-refractivity contribution < 1.29 is 0 Å². The molecular weight excluding hydrogens is 302 g/mol. The van der Waals surface area contributed by atoms with Crippen molar-refractivity contribution in [3.63, 3.8) is 0 Å². The summed E-state index contributed by atoms with van der Waals surface area (Å²) in [6.07, 6.45) is 3.33. The molecule has 5 nitrogen and oxygen atoms in total. The molecule has 0 atom stereocenters. The minimum Gasteiger partial charge on any atom is -0.369 e. The van der Waals surface area contributed by atoms with Gasteiger partial charge in [-0.3, -0.25) is 0 Å². The van der Waals surface area contributed by atoms with Gasteiger partial charge in [0.1, 0.15) is 27.4 Å². The molecular formula is C10H12BrN5S. The fourth-order valence-electron chi connectivity index (χ4n) is 1.28. The van der Waals surface area contributed by atoms with Crippen LogP contribution in [0.2, 0.25) is 0 Å². The standard InChI is InChI=1S/C10H12BrN5S/c1-2-12-9-8(11)10(16-6-15-9)14-5-7-13-3-4-17-7/h3-4,6H,2,5H2,1H3,(H2,12,14,15,16). The number of hydrogen-bond donors (Lipinski definition) is 2. The maximum absolute atomic E-state index is 4.20. The van der Waals surface area contributed by atoms with E-state index in [-0.39, 0.29) is 0 Å². The van der Waals surface area contributed by atoms with Gasteiger partial charge in [0, 0.05) is 18.1 Å². The molecule has 0 saturated carbocycles. The number of rotatable bonds is 5. The third-order valence-electron chi connectivity index (χ3n) is 2.02. The van der Waals surface area contributed by atoms with Crippen molar-refractivity contribution >= 4 is 38.9 Å². The Kier molecular flexibility index (Phi) is 4.27. The zero-order chi connectivity index (χ0) is 12.1. The van der Waals surface area contributed by atoms with Gasteiger partial charge in [-0.05, 0) is 22.9 Å². The lowest BCUT2D eigenvalue weighted by Crippen LogP contribution is -2.06. The molecule has 2 aromatic rings. The van der Waals surface area contributed by atoms with Gasteiger partial charge in [0.05, 0.1) is 6.54 Å². The maximum atomic E-state index is 4.20. The van der Waals surface area contributed by atoms with E-state index < -0.39 is 0 Å². The fourth-order valence-corrected chi connectivity index (χ4v) is 2.32. The van der Waals surface area contributed by atoms with Crippen molar-refractivity contribution in [2.24, 2.45) is 0 Å². The molecule has 2 rings (SSSR count). The average molecular weight is 314 g/mol. The Balaban J connectivity index is 2.07. The fraction of sp³-hybridized carbons (Fsp3) is 0.300. The lowest BCUT2D eigenvalue weighted by molar-refractivity contribution is 1.04. The van der Waals surface area contributed by atoms with Gasteiger partial charge in [-0.2, -0.15) is 0 Å². The second-order valence-corrected chi connectivity index (χ2v) is 4.97. The van der Waals surface area contributed by atoms with E-state index in [4.69, 9.17) is 0 Å². The van der Waals surface area contributed by atoms with E-state index in [1.165, 1.54) is 6.33 Å². The summed E-state index contributed by atoms with van der Waals surface area (Å²) in [7, 11) is 0. The molecule has 0 radical (unpaired) electrons. The van der Waals surface area contributed by atoms with Crippen LogP contribution in [-0.4, -0.2) is 21.5 Å². The number of nitrogens with one attached hydrogen (secondary N) is 2. The Bertz CT molecular complexity index is 474. The highest BCUT2D eigenvalue weighted by molar-refractivity contribution is 9.10. The predicted octanol–water partition coefficient (Wildman–Crippen LogP) is 2.74. The van der Waals surface area contributed by atoms with E-state index in [0.717, 1.165) is 27.7 Å². The number of anilines is 2. The number of nitrogens with zero attached hydrogens (tertiary/aromatic N) is 3. The molecule has 0 amide bonds. The highest BCUT2D eigenvalue weighted by Crippen LogP contribution is 2.26. The van der Waals surface area contributed by atoms with Gasteiger partial charge in [-0.25, -0.2) is 15.0 Å². The molecule has 2 heterocycles. The van der Waals surface area contributed by atoms with Gasteiger partial charge in [-0.1, -0.05) is 0 Å². The summed E-state index contributed by atoms with van der Waals surface area (Å²) in [5.41, 5.74) is 0. The molecule has 0 fully saturated rings. The first-order valence-electron chi connectivity index (χ1n) is 5.18. The number of halogens is 1. The Morgan fingerprint density at radius 3 is 2.65 bits per heavy atom. The summed E-state index contributed by atoms with van der Waals surface area (Å²) < 4.78 is 0.846. The summed E-state index contributed by atoms with van der Waals surface area (Å²) >= 11 is 5.09. The molecule has 90 valence electrons. The van der Waals surface area contributed by atoms with E-state index in [0.29, 0.717) is 6.54 Å². The molecule has 0 aromatic carbocycles. The van der Waals surface area contributed by atoms with Crippen LogP contribution in [0.3, 0.4) is 0 Å². The highest BCUT2D eigenvalue weighted by atomic mass is 79.9. The Labute approximate surface area is 112 Å². The van der Waals surface area contributed by atoms with Crippen molar-refractivity contribution in [1.29, 1.82) is 0 Å². The normalized spacial score (nSPS) is 10.2. The summed E-state index contributed by atoms with van der Waals surface area (Å²) in [4.78, 5) is 12.5. The minimum absolute atomic E-state index is 0.666. The third-order valence-corrected chi connectivity index (χ3v) is 3.55. The number of aromatic nitrogens is 3. The second kappa shape index (κ2) is 5.92. The summed E-state index contributed by atoms with van der Waals surface area (Å²) in [6.45, 7) is 3.51. The third kappa shape index (κ3) is 3.13. The van der Waals surface area contributed by atoms with Crippen molar-refractivity contribution in [2.45, 2.75) is 13.5 Å². The van der Waals surface area contributed by atoms with Crippen LogP contribution >= 0.6 is 27.3 Å². The Hall–Kier alpha value is -1.21. The first-order valence-corrected chi connectivity index (χ1v) is 6.85. The van der Waals surface area contributed by atoms with Crippen LogP contribution in [0.15, 0.2) is 22.4 Å². The van der Waals surface area contributed by atoms with Crippen LogP contribution in [-0.2, 0) is 6.54 Å². The van der Waals surface area contributed by atoms with Gasteiger partial charge >= 0.3 is 0 Å². The zero-order valence-electron chi connectivity index (χ0n) is 9.27. The Morgan fingerprint density at radius 1 is 1.24 bits per heavy atom. The van der Waals surface area contributed by atoms with Gasteiger partial charge in [-0.15, -0.1) is 11.3 Å². The van der Waals surface area contributed by atoms with Crippen LogP contribution in [0.1, 0.15) is 11.9 Å². The van der Waals surface area contributed by atoms with Gasteiger partial charge in [0.25, 0.3) is 0 Å². The van der Waals surface area contributed by atoms with Crippen LogP contribution in [0, 0.1) is 0 Å². The van der Waals surface area contributed by atoms with Crippen molar-refractivity contribution in [3.05, 3.63) is 27.4 Å². The van der Waals surface area contributed by atoms with Crippen LogP contribution in [0.5, 0.6) is 0 Å². The van der Waals surface area contributed by atoms with Gasteiger partial charge < -0.3 is 10.6 Å². The summed E-state index contributed by atoms with van der Waals surface area (Å²) in [5, 5.41) is 9.37. The van der Waals surface area contributed by atoms with Crippen LogP contribution in [0.4, 0.5) is 11.6 Å². The lowest BCUT2D eigenvalue weighted by Gasteiger charge is -2.09. The molecule has 0 aliphatic carbocycles. The smallest absolute Gasteiger partial charge is 0.146 e. The molecule has 2 aromatic heterocycles. The molecule has 0 bridgehead atoms. The van der Waals surface area contributed by atoms with E-state index in [2.05, 4.69) is 41.5 Å². The minimum atomic E-state index is 0.666. The maximum Gasteiger partial charge on any atom is 0.146 e. The first kappa shape index (κ1) is 12.3. The second-order valence-electron chi connectivity index (χ2n) is 3.19. The topological polar surface area (TPSA) is 62.7 Å². The molecule has 7 heteroatoms.